The molecule has 16 heavy (non-hydrogen) atoms. The highest BCUT2D eigenvalue weighted by atomic mass is 32.2. The fourth-order valence-corrected chi connectivity index (χ4v) is 4.22. The number of rotatable bonds is 2. The second-order valence-corrected chi connectivity index (χ2v) is 7.15. The highest BCUT2D eigenvalue weighted by Gasteiger charge is 2.37. The normalized spacial score (nSPS) is 36.6. The highest BCUT2D eigenvalue weighted by Crippen LogP contribution is 2.16. The molecule has 2 saturated heterocycles. The minimum Gasteiger partial charge on any atom is -0.390 e. The monoisotopic (exact) mass is 248 g/mol. The van der Waals surface area contributed by atoms with Crippen LogP contribution < -0.4 is 5.32 Å². The Hall–Kier alpha value is -0.170. The van der Waals surface area contributed by atoms with Gasteiger partial charge in [0.2, 0.25) is 0 Å². The van der Waals surface area contributed by atoms with Crippen LogP contribution in [0.3, 0.4) is 0 Å². The number of piperidine rings is 1. The molecule has 0 aliphatic carbocycles. The molecule has 2 N–H and O–H groups in total. The molecule has 0 spiro atoms. The van der Waals surface area contributed by atoms with E-state index in [2.05, 4.69) is 17.3 Å². The maximum absolute atomic E-state index is 11.3. The van der Waals surface area contributed by atoms with Gasteiger partial charge < -0.3 is 15.3 Å². The highest BCUT2D eigenvalue weighted by molar-refractivity contribution is 7.91. The van der Waals surface area contributed by atoms with E-state index in [0.717, 1.165) is 25.9 Å². The number of hydrogen-bond donors (Lipinski definition) is 2. The van der Waals surface area contributed by atoms with Crippen LogP contribution in [0.4, 0.5) is 0 Å². The van der Waals surface area contributed by atoms with E-state index in [9.17, 15) is 13.5 Å². The Bertz CT molecular complexity index is 336. The first kappa shape index (κ1) is 12.3. The molecule has 5 nitrogen and oxygen atoms in total. The van der Waals surface area contributed by atoms with E-state index < -0.39 is 15.9 Å². The zero-order valence-electron chi connectivity index (χ0n) is 9.59. The molecule has 2 aliphatic rings. The van der Waals surface area contributed by atoms with Crippen molar-refractivity contribution in [2.45, 2.75) is 31.0 Å². The van der Waals surface area contributed by atoms with E-state index in [-0.39, 0.29) is 17.5 Å². The van der Waals surface area contributed by atoms with Crippen molar-refractivity contribution in [3.05, 3.63) is 0 Å². The predicted molar refractivity (Wildman–Crippen MR) is 62.1 cm³/mol. The fourth-order valence-electron chi connectivity index (χ4n) is 2.47. The van der Waals surface area contributed by atoms with Gasteiger partial charge in [-0.25, -0.2) is 8.42 Å². The van der Waals surface area contributed by atoms with Gasteiger partial charge in [-0.2, -0.15) is 0 Å². The summed E-state index contributed by atoms with van der Waals surface area (Å²) in [6.07, 6.45) is 1.32. The van der Waals surface area contributed by atoms with Gasteiger partial charge in [-0.05, 0) is 33.0 Å². The Labute approximate surface area is 96.7 Å². The SMILES string of the molecule is CN1CCC(NC2CS(=O)(=O)CC2O)CC1. The molecular weight excluding hydrogens is 228 g/mol. The average molecular weight is 248 g/mol. The van der Waals surface area contributed by atoms with Gasteiger partial charge in [0.25, 0.3) is 0 Å². The number of hydrogen-bond acceptors (Lipinski definition) is 5. The smallest absolute Gasteiger partial charge is 0.154 e. The number of nitrogens with zero attached hydrogens (tertiary/aromatic N) is 1. The standard InChI is InChI=1S/C10H20N2O3S/c1-12-4-2-8(3-5-12)11-9-6-16(14,15)7-10(9)13/h8-11,13H,2-7H2,1H3. The molecule has 2 rings (SSSR count). The van der Waals surface area contributed by atoms with E-state index in [0.29, 0.717) is 6.04 Å². The molecule has 0 aromatic carbocycles. The van der Waals surface area contributed by atoms with Crippen molar-refractivity contribution in [3.63, 3.8) is 0 Å². The summed E-state index contributed by atoms with van der Waals surface area (Å²) in [6.45, 7) is 2.07. The zero-order valence-corrected chi connectivity index (χ0v) is 10.4. The Balaban J connectivity index is 1.86. The van der Waals surface area contributed by atoms with Gasteiger partial charge in [0.15, 0.2) is 9.84 Å². The van der Waals surface area contributed by atoms with Crippen molar-refractivity contribution in [3.8, 4) is 0 Å². The maximum Gasteiger partial charge on any atom is 0.154 e. The van der Waals surface area contributed by atoms with Crippen LogP contribution in [0.15, 0.2) is 0 Å². The van der Waals surface area contributed by atoms with Crippen LogP contribution in [-0.4, -0.2) is 68.3 Å². The summed E-state index contributed by atoms with van der Waals surface area (Å²) in [5.74, 6) is -0.00219. The van der Waals surface area contributed by atoms with Crippen molar-refractivity contribution < 1.29 is 13.5 Å². The number of nitrogens with one attached hydrogen (secondary N) is 1. The first-order valence-corrected chi connectivity index (χ1v) is 7.61. The Morgan fingerprint density at radius 2 is 1.88 bits per heavy atom. The van der Waals surface area contributed by atoms with Crippen LogP contribution in [0, 0.1) is 0 Å². The fraction of sp³-hybridized carbons (Fsp3) is 1.00. The van der Waals surface area contributed by atoms with Gasteiger partial charge >= 0.3 is 0 Å². The molecular formula is C10H20N2O3S. The summed E-state index contributed by atoms with van der Waals surface area (Å²) in [5, 5.41) is 12.9. The van der Waals surface area contributed by atoms with Crippen molar-refractivity contribution in [1.82, 2.24) is 10.2 Å². The van der Waals surface area contributed by atoms with E-state index >= 15 is 0 Å². The van der Waals surface area contributed by atoms with Crippen LogP contribution in [0.1, 0.15) is 12.8 Å². The third-order valence-electron chi connectivity index (χ3n) is 3.49. The maximum atomic E-state index is 11.3. The molecule has 2 heterocycles. The van der Waals surface area contributed by atoms with Crippen molar-refractivity contribution in [2.75, 3.05) is 31.6 Å². The quantitative estimate of drug-likeness (QED) is 0.644. The van der Waals surface area contributed by atoms with E-state index in [1.165, 1.54) is 0 Å². The lowest BCUT2D eigenvalue weighted by Crippen LogP contribution is -2.49. The topological polar surface area (TPSA) is 69.6 Å². The molecule has 0 aromatic rings. The second-order valence-electron chi connectivity index (χ2n) is 4.99. The molecule has 6 heteroatoms. The first-order chi connectivity index (χ1) is 7.46. The van der Waals surface area contributed by atoms with Crippen LogP contribution >= 0.6 is 0 Å². The molecule has 0 saturated carbocycles. The molecule has 94 valence electrons. The third-order valence-corrected chi connectivity index (χ3v) is 5.21. The minimum absolute atomic E-state index is 0.0838. The average Bonchev–Trinajstić information content (AvgIpc) is 2.44. The van der Waals surface area contributed by atoms with Crippen molar-refractivity contribution >= 4 is 9.84 Å². The van der Waals surface area contributed by atoms with Crippen LogP contribution in [-0.2, 0) is 9.84 Å². The molecule has 2 atom stereocenters. The summed E-state index contributed by atoms with van der Waals surface area (Å²) in [7, 11) is -0.941. The molecule has 0 bridgehead atoms. The van der Waals surface area contributed by atoms with Crippen molar-refractivity contribution in [2.24, 2.45) is 0 Å². The van der Waals surface area contributed by atoms with E-state index in [1.807, 2.05) is 0 Å². The minimum atomic E-state index is -3.03. The third kappa shape index (κ3) is 2.94. The van der Waals surface area contributed by atoms with Crippen molar-refractivity contribution in [1.29, 1.82) is 0 Å². The molecule has 0 amide bonds. The summed E-state index contributed by atoms with van der Waals surface area (Å²) < 4.78 is 22.7. The molecule has 0 radical (unpaired) electrons. The van der Waals surface area contributed by atoms with Gasteiger partial charge in [-0.3, -0.25) is 0 Å². The molecule has 0 aromatic heterocycles. The summed E-state index contributed by atoms with van der Waals surface area (Å²) >= 11 is 0. The zero-order chi connectivity index (χ0) is 11.8. The second kappa shape index (κ2) is 4.60. The van der Waals surface area contributed by atoms with Crippen LogP contribution in [0.25, 0.3) is 0 Å². The van der Waals surface area contributed by atoms with Crippen LogP contribution in [0.2, 0.25) is 0 Å². The van der Waals surface area contributed by atoms with Gasteiger partial charge in [-0.15, -0.1) is 0 Å². The largest absolute Gasteiger partial charge is 0.390 e. The molecule has 2 aliphatic heterocycles. The number of sulfone groups is 1. The summed E-state index contributed by atoms with van der Waals surface area (Å²) in [5.41, 5.74) is 0. The number of aliphatic hydroxyl groups is 1. The van der Waals surface area contributed by atoms with Crippen LogP contribution in [0.5, 0.6) is 0 Å². The first-order valence-electron chi connectivity index (χ1n) is 5.79. The lowest BCUT2D eigenvalue weighted by atomic mass is 10.0. The molecule has 2 unspecified atom stereocenters. The van der Waals surface area contributed by atoms with E-state index in [1.54, 1.807) is 0 Å². The van der Waals surface area contributed by atoms with Gasteiger partial charge in [-0.1, -0.05) is 0 Å². The summed E-state index contributed by atoms with van der Waals surface area (Å²) in [6, 6.07) is 0.0857. The Kier molecular flexibility index (Phi) is 3.53. The number of aliphatic hydroxyl groups excluding tert-OH is 1. The van der Waals surface area contributed by atoms with E-state index in [4.69, 9.17) is 0 Å². The van der Waals surface area contributed by atoms with Gasteiger partial charge in [0, 0.05) is 12.1 Å². The lowest BCUT2D eigenvalue weighted by molar-refractivity contribution is 0.144. The summed E-state index contributed by atoms with van der Waals surface area (Å²) in [4.78, 5) is 2.26. The van der Waals surface area contributed by atoms with Gasteiger partial charge in [0.1, 0.15) is 0 Å². The van der Waals surface area contributed by atoms with Gasteiger partial charge in [0.05, 0.1) is 17.6 Å². The Morgan fingerprint density at radius 3 is 2.38 bits per heavy atom. The molecule has 2 fully saturated rings. The number of likely N-dealkylation sites (tertiary alicyclic amines) is 1. The predicted octanol–water partition coefficient (Wildman–Crippen LogP) is -1.17. The Morgan fingerprint density at radius 1 is 1.25 bits per heavy atom. The lowest BCUT2D eigenvalue weighted by Gasteiger charge is -2.32.